The van der Waals surface area contributed by atoms with Gasteiger partial charge in [0.25, 0.3) is 0 Å². The second-order valence-electron chi connectivity index (χ2n) is 4.79. The van der Waals surface area contributed by atoms with E-state index in [-0.39, 0.29) is 30.2 Å². The van der Waals surface area contributed by atoms with Crippen LogP contribution in [0.15, 0.2) is 23.1 Å². The van der Waals surface area contributed by atoms with E-state index in [0.29, 0.717) is 16.5 Å². The molecular formula is C14H19Cl2NO2S. The standard InChI is InChI=1S/C14H19Cl2NO2S/c1-9(2)12(5-6-18)17-14(19)8-20-13-7-10(15)3-4-11(13)16/h3-4,7,9,12,18H,5-6,8H2,1-2H3,(H,17,19). The van der Waals surface area contributed by atoms with Crippen molar-refractivity contribution in [1.82, 2.24) is 5.32 Å². The second-order valence-corrected chi connectivity index (χ2v) is 6.65. The summed E-state index contributed by atoms with van der Waals surface area (Å²) in [6, 6.07) is 5.16. The first-order valence-corrected chi connectivity index (χ1v) is 8.16. The fourth-order valence-corrected chi connectivity index (χ4v) is 2.99. The molecule has 0 aromatic heterocycles. The topological polar surface area (TPSA) is 49.3 Å². The lowest BCUT2D eigenvalue weighted by atomic mass is 10.0. The Labute approximate surface area is 134 Å². The molecule has 1 aromatic rings. The molecule has 2 N–H and O–H groups in total. The van der Waals surface area contributed by atoms with Crippen molar-refractivity contribution in [2.75, 3.05) is 12.4 Å². The summed E-state index contributed by atoms with van der Waals surface area (Å²) in [5.41, 5.74) is 0. The largest absolute Gasteiger partial charge is 0.396 e. The van der Waals surface area contributed by atoms with Crippen LogP contribution < -0.4 is 5.32 Å². The van der Waals surface area contributed by atoms with Gasteiger partial charge in [0.1, 0.15) is 0 Å². The van der Waals surface area contributed by atoms with Crippen LogP contribution in [0.1, 0.15) is 20.3 Å². The van der Waals surface area contributed by atoms with E-state index in [1.54, 1.807) is 18.2 Å². The van der Waals surface area contributed by atoms with Gasteiger partial charge in [0.2, 0.25) is 5.91 Å². The van der Waals surface area contributed by atoms with E-state index in [9.17, 15) is 4.79 Å². The summed E-state index contributed by atoms with van der Waals surface area (Å²) in [5, 5.41) is 13.1. The lowest BCUT2D eigenvalue weighted by Crippen LogP contribution is -2.40. The highest BCUT2D eigenvalue weighted by Crippen LogP contribution is 2.29. The number of hydrogen-bond acceptors (Lipinski definition) is 3. The minimum atomic E-state index is -0.0711. The molecule has 0 aliphatic heterocycles. The van der Waals surface area contributed by atoms with Crippen molar-refractivity contribution < 1.29 is 9.90 Å². The van der Waals surface area contributed by atoms with Crippen molar-refractivity contribution in [3.05, 3.63) is 28.2 Å². The Morgan fingerprint density at radius 2 is 2.10 bits per heavy atom. The number of carbonyl (C=O) groups excluding carboxylic acids is 1. The number of aliphatic hydroxyl groups is 1. The van der Waals surface area contributed by atoms with Crippen molar-refractivity contribution in [3.8, 4) is 0 Å². The van der Waals surface area contributed by atoms with Crippen molar-refractivity contribution >= 4 is 40.9 Å². The Kier molecular flexibility index (Phi) is 7.74. The quantitative estimate of drug-likeness (QED) is 0.748. The SMILES string of the molecule is CC(C)C(CCO)NC(=O)CSc1cc(Cl)ccc1Cl. The third-order valence-corrected chi connectivity index (χ3v) is 4.58. The van der Waals surface area contributed by atoms with Gasteiger partial charge in [-0.05, 0) is 30.5 Å². The van der Waals surface area contributed by atoms with Crippen molar-refractivity contribution in [2.45, 2.75) is 31.2 Å². The highest BCUT2D eigenvalue weighted by molar-refractivity contribution is 8.00. The summed E-state index contributed by atoms with van der Waals surface area (Å²) in [7, 11) is 0. The predicted molar refractivity (Wildman–Crippen MR) is 85.7 cm³/mol. The molecule has 1 rings (SSSR count). The molecule has 0 radical (unpaired) electrons. The Morgan fingerprint density at radius 3 is 2.70 bits per heavy atom. The smallest absolute Gasteiger partial charge is 0.230 e. The van der Waals surface area contributed by atoms with Gasteiger partial charge in [0.05, 0.1) is 10.8 Å². The fraction of sp³-hybridized carbons (Fsp3) is 0.500. The number of thioether (sulfide) groups is 1. The Hall–Kier alpha value is -0.420. The van der Waals surface area contributed by atoms with Gasteiger partial charge in [-0.15, -0.1) is 11.8 Å². The van der Waals surface area contributed by atoms with Crippen LogP contribution in [-0.2, 0) is 4.79 Å². The summed E-state index contributed by atoms with van der Waals surface area (Å²) in [5.74, 6) is 0.485. The predicted octanol–water partition coefficient (Wildman–Crippen LogP) is 3.61. The number of aliphatic hydroxyl groups excluding tert-OH is 1. The molecule has 0 saturated heterocycles. The van der Waals surface area contributed by atoms with Gasteiger partial charge < -0.3 is 10.4 Å². The molecule has 3 nitrogen and oxygen atoms in total. The van der Waals surface area contributed by atoms with E-state index in [1.165, 1.54) is 11.8 Å². The van der Waals surface area contributed by atoms with Gasteiger partial charge in [-0.25, -0.2) is 0 Å². The number of benzene rings is 1. The first kappa shape index (κ1) is 17.6. The summed E-state index contributed by atoms with van der Waals surface area (Å²) in [6.45, 7) is 4.10. The Balaban J connectivity index is 2.52. The molecule has 1 aromatic carbocycles. The van der Waals surface area contributed by atoms with Gasteiger partial charge >= 0.3 is 0 Å². The molecular weight excluding hydrogens is 317 g/mol. The molecule has 112 valence electrons. The molecule has 0 heterocycles. The van der Waals surface area contributed by atoms with Gasteiger partial charge in [-0.1, -0.05) is 37.0 Å². The van der Waals surface area contributed by atoms with Gasteiger partial charge in [0.15, 0.2) is 0 Å². The zero-order valence-electron chi connectivity index (χ0n) is 11.5. The van der Waals surface area contributed by atoms with Gasteiger partial charge in [-0.2, -0.15) is 0 Å². The fourth-order valence-electron chi connectivity index (χ4n) is 1.69. The molecule has 0 aliphatic rings. The van der Waals surface area contributed by atoms with Crippen LogP contribution >= 0.6 is 35.0 Å². The first-order valence-electron chi connectivity index (χ1n) is 6.42. The minimum Gasteiger partial charge on any atom is -0.396 e. The van der Waals surface area contributed by atoms with Crippen molar-refractivity contribution in [3.63, 3.8) is 0 Å². The lowest BCUT2D eigenvalue weighted by molar-refractivity contribution is -0.119. The molecule has 0 fully saturated rings. The maximum Gasteiger partial charge on any atom is 0.230 e. The maximum absolute atomic E-state index is 11.9. The van der Waals surface area contributed by atoms with Gasteiger partial charge in [0, 0.05) is 22.6 Å². The monoisotopic (exact) mass is 335 g/mol. The van der Waals surface area contributed by atoms with Crippen LogP contribution in [-0.4, -0.2) is 29.4 Å². The Morgan fingerprint density at radius 1 is 1.40 bits per heavy atom. The van der Waals surface area contributed by atoms with Crippen LogP contribution in [0.5, 0.6) is 0 Å². The minimum absolute atomic E-state index is 0.0112. The van der Waals surface area contributed by atoms with Crippen LogP contribution in [0.25, 0.3) is 0 Å². The van der Waals surface area contributed by atoms with E-state index >= 15 is 0 Å². The van der Waals surface area contributed by atoms with Crippen LogP contribution in [0, 0.1) is 5.92 Å². The molecule has 6 heteroatoms. The lowest BCUT2D eigenvalue weighted by Gasteiger charge is -2.21. The molecule has 1 atom stereocenters. The van der Waals surface area contributed by atoms with Crippen molar-refractivity contribution in [2.24, 2.45) is 5.92 Å². The summed E-state index contributed by atoms with van der Waals surface area (Å²) < 4.78 is 0. The van der Waals surface area contributed by atoms with E-state index in [1.807, 2.05) is 13.8 Å². The first-order chi connectivity index (χ1) is 9.43. The maximum atomic E-state index is 11.9. The molecule has 1 amide bonds. The number of amides is 1. The average molecular weight is 336 g/mol. The average Bonchev–Trinajstić information content (AvgIpc) is 2.39. The number of rotatable bonds is 7. The molecule has 0 saturated carbocycles. The number of halogens is 2. The molecule has 20 heavy (non-hydrogen) atoms. The van der Waals surface area contributed by atoms with Crippen LogP contribution in [0.3, 0.4) is 0 Å². The van der Waals surface area contributed by atoms with Crippen molar-refractivity contribution in [1.29, 1.82) is 0 Å². The zero-order valence-corrected chi connectivity index (χ0v) is 13.9. The second kappa shape index (κ2) is 8.78. The van der Waals surface area contributed by atoms with E-state index in [4.69, 9.17) is 28.3 Å². The summed E-state index contributed by atoms with van der Waals surface area (Å²) in [6.07, 6.45) is 0.562. The summed E-state index contributed by atoms with van der Waals surface area (Å²) >= 11 is 13.3. The molecule has 0 aliphatic carbocycles. The third kappa shape index (κ3) is 5.92. The molecule has 1 unspecified atom stereocenters. The third-order valence-electron chi connectivity index (χ3n) is 2.84. The van der Waals surface area contributed by atoms with E-state index < -0.39 is 0 Å². The number of nitrogens with one attached hydrogen (secondary N) is 1. The van der Waals surface area contributed by atoms with E-state index in [2.05, 4.69) is 5.32 Å². The highest BCUT2D eigenvalue weighted by atomic mass is 35.5. The van der Waals surface area contributed by atoms with Gasteiger partial charge in [-0.3, -0.25) is 4.79 Å². The van der Waals surface area contributed by atoms with Crippen LogP contribution in [0.4, 0.5) is 0 Å². The number of hydrogen-bond donors (Lipinski definition) is 2. The van der Waals surface area contributed by atoms with E-state index in [0.717, 1.165) is 4.90 Å². The van der Waals surface area contributed by atoms with Crippen LogP contribution in [0.2, 0.25) is 10.0 Å². The number of carbonyl (C=O) groups is 1. The Bertz CT molecular complexity index is 455. The normalized spacial score (nSPS) is 12.5. The highest BCUT2D eigenvalue weighted by Gasteiger charge is 2.16. The molecule has 0 bridgehead atoms. The summed E-state index contributed by atoms with van der Waals surface area (Å²) in [4.78, 5) is 12.7. The zero-order chi connectivity index (χ0) is 15.1. The molecule has 0 spiro atoms.